The zero-order chi connectivity index (χ0) is 23.7. The minimum absolute atomic E-state index is 0.220. The molecule has 0 radical (unpaired) electrons. The molecule has 2 aliphatic heterocycles. The molecule has 3 heterocycles. The molecule has 1 fully saturated rings. The van der Waals surface area contributed by atoms with Crippen molar-refractivity contribution in [3.8, 4) is 11.1 Å². The van der Waals surface area contributed by atoms with Crippen LogP contribution in [0.2, 0.25) is 0 Å². The average molecular weight is 447 g/mol. The predicted octanol–water partition coefficient (Wildman–Crippen LogP) is 2.76. The third-order valence-electron chi connectivity index (χ3n) is 6.51. The van der Waals surface area contributed by atoms with Gasteiger partial charge in [-0.05, 0) is 54.2 Å². The molecule has 2 aromatic rings. The minimum Gasteiger partial charge on any atom is -0.403 e. The number of benzene rings is 1. The molecule has 8 N–H and O–H groups in total. The third kappa shape index (κ3) is 4.53. The Labute approximate surface area is 195 Å². The maximum absolute atomic E-state index is 6.11. The molecular formula is C25H34N8. The van der Waals surface area contributed by atoms with Crippen molar-refractivity contribution in [1.29, 1.82) is 0 Å². The van der Waals surface area contributed by atoms with E-state index in [1.165, 1.54) is 22.5 Å². The highest BCUT2D eigenvalue weighted by Crippen LogP contribution is 2.46. The molecule has 1 saturated heterocycles. The van der Waals surface area contributed by atoms with E-state index in [9.17, 15) is 0 Å². The van der Waals surface area contributed by atoms with Crippen molar-refractivity contribution in [3.05, 3.63) is 78.7 Å². The molecule has 2 unspecified atom stereocenters. The van der Waals surface area contributed by atoms with Gasteiger partial charge < -0.3 is 21.4 Å². The van der Waals surface area contributed by atoms with Crippen LogP contribution in [0.3, 0.4) is 0 Å². The summed E-state index contributed by atoms with van der Waals surface area (Å²) in [6.07, 6.45) is 8.64. The second-order valence-electron chi connectivity index (χ2n) is 9.15. The van der Waals surface area contributed by atoms with Crippen molar-refractivity contribution in [2.24, 2.45) is 35.0 Å². The fourth-order valence-electron chi connectivity index (χ4n) is 4.69. The Kier molecular flexibility index (Phi) is 6.31. The largest absolute Gasteiger partial charge is 0.403 e. The molecule has 8 nitrogen and oxygen atoms in total. The summed E-state index contributed by atoms with van der Waals surface area (Å²) >= 11 is 0. The van der Waals surface area contributed by atoms with Gasteiger partial charge in [0.2, 0.25) is 0 Å². The van der Waals surface area contributed by atoms with Crippen LogP contribution in [0.25, 0.3) is 11.1 Å². The first-order valence-corrected chi connectivity index (χ1v) is 11.3. The van der Waals surface area contributed by atoms with Gasteiger partial charge in [-0.25, -0.2) is 16.7 Å². The molecule has 174 valence electrons. The Morgan fingerprint density at radius 1 is 1.21 bits per heavy atom. The Balaban J connectivity index is 1.52. The van der Waals surface area contributed by atoms with Crippen LogP contribution in [0.5, 0.6) is 0 Å². The normalized spacial score (nSPS) is 20.0. The fraction of sp³-hybridized carbons (Fsp3) is 0.320. The number of hydrogen-bond acceptors (Lipinski definition) is 8. The van der Waals surface area contributed by atoms with E-state index in [1.807, 2.05) is 32.2 Å². The topological polar surface area (TPSA) is 127 Å². The summed E-state index contributed by atoms with van der Waals surface area (Å²) in [6, 6.07) is 10.9. The number of nitrogens with two attached hydrogens (primary N) is 4. The van der Waals surface area contributed by atoms with Crippen LogP contribution in [0.15, 0.2) is 73.1 Å². The third-order valence-corrected chi connectivity index (χ3v) is 6.51. The van der Waals surface area contributed by atoms with E-state index in [1.54, 1.807) is 17.4 Å². The van der Waals surface area contributed by atoms with Gasteiger partial charge in [-0.3, -0.25) is 5.01 Å². The second kappa shape index (κ2) is 9.17. The number of pyridine rings is 1. The highest BCUT2D eigenvalue weighted by Gasteiger charge is 2.42. The Bertz CT molecular complexity index is 1070. The monoisotopic (exact) mass is 446 g/mol. The number of hydrogen-bond donors (Lipinski definition) is 4. The molecule has 2 aliphatic rings. The molecule has 0 amide bonds. The van der Waals surface area contributed by atoms with Crippen molar-refractivity contribution in [2.75, 3.05) is 16.5 Å². The molecule has 1 aromatic carbocycles. The molecule has 2 atom stereocenters. The van der Waals surface area contributed by atoms with Gasteiger partial charge in [0.05, 0.1) is 0 Å². The molecule has 33 heavy (non-hydrogen) atoms. The molecule has 4 rings (SSSR count). The SMILES string of the molecule is C=C1CC(CN(N)/C=C\N)C2Cc3cc(-c4ccc(N(N)/C=C(\N)C(C)C)nc4)ccc3N12. The standard InChI is InChI=1S/C25H34N8/c1-16(2)22(27)15-32(29)25-7-5-19(13-30-25)18-4-6-23-20(11-18)12-24-21(10-17(3)33(23)24)14-31(28)9-8-26/h4-9,11,13,15-16,21,24H,3,10,12,14,26-29H2,1-2H3/b9-8-,22-15-. The summed E-state index contributed by atoms with van der Waals surface area (Å²) in [7, 11) is 0. The maximum Gasteiger partial charge on any atom is 0.146 e. The number of nitrogens with zero attached hydrogens (tertiary/aromatic N) is 4. The van der Waals surface area contributed by atoms with Gasteiger partial charge in [0.1, 0.15) is 5.82 Å². The van der Waals surface area contributed by atoms with E-state index in [-0.39, 0.29) is 5.92 Å². The highest BCUT2D eigenvalue weighted by molar-refractivity contribution is 5.73. The lowest BCUT2D eigenvalue weighted by molar-refractivity contribution is 0.303. The van der Waals surface area contributed by atoms with Gasteiger partial charge in [-0.15, -0.1) is 0 Å². The zero-order valence-corrected chi connectivity index (χ0v) is 19.4. The predicted molar refractivity (Wildman–Crippen MR) is 135 cm³/mol. The van der Waals surface area contributed by atoms with E-state index in [0.29, 0.717) is 23.5 Å². The van der Waals surface area contributed by atoms with Crippen LogP contribution in [0.4, 0.5) is 11.5 Å². The first-order chi connectivity index (χ1) is 15.8. The molecule has 0 spiro atoms. The zero-order valence-electron chi connectivity index (χ0n) is 19.4. The second-order valence-corrected chi connectivity index (χ2v) is 9.15. The molecule has 0 aliphatic carbocycles. The molecule has 8 heteroatoms. The van der Waals surface area contributed by atoms with Gasteiger partial charge in [0.15, 0.2) is 0 Å². The first kappa shape index (κ1) is 22.7. The van der Waals surface area contributed by atoms with Crippen LogP contribution >= 0.6 is 0 Å². The van der Waals surface area contributed by atoms with E-state index >= 15 is 0 Å². The van der Waals surface area contributed by atoms with Gasteiger partial charge in [0, 0.05) is 65.9 Å². The van der Waals surface area contributed by atoms with E-state index in [2.05, 4.69) is 34.7 Å². The Morgan fingerprint density at radius 2 is 1.97 bits per heavy atom. The van der Waals surface area contributed by atoms with Gasteiger partial charge in [-0.1, -0.05) is 26.5 Å². The van der Waals surface area contributed by atoms with Gasteiger partial charge in [-0.2, -0.15) is 0 Å². The van der Waals surface area contributed by atoms with Gasteiger partial charge >= 0.3 is 0 Å². The van der Waals surface area contributed by atoms with Crippen LogP contribution in [-0.2, 0) is 6.42 Å². The lowest BCUT2D eigenvalue weighted by atomic mass is 9.94. The van der Waals surface area contributed by atoms with E-state index in [0.717, 1.165) is 36.2 Å². The molecule has 0 saturated carbocycles. The van der Waals surface area contributed by atoms with Crippen molar-refractivity contribution >= 4 is 11.5 Å². The summed E-state index contributed by atoms with van der Waals surface area (Å²) in [6.45, 7) is 9.11. The summed E-state index contributed by atoms with van der Waals surface area (Å²) in [5, 5.41) is 3.12. The van der Waals surface area contributed by atoms with Crippen molar-refractivity contribution in [2.45, 2.75) is 32.7 Å². The minimum atomic E-state index is 0.220. The summed E-state index contributed by atoms with van der Waals surface area (Å²) < 4.78 is 0. The number of aromatic nitrogens is 1. The van der Waals surface area contributed by atoms with Crippen LogP contribution in [-0.4, -0.2) is 22.6 Å². The first-order valence-electron chi connectivity index (χ1n) is 11.3. The molecule has 0 bridgehead atoms. The van der Waals surface area contributed by atoms with Crippen molar-refractivity contribution in [1.82, 2.24) is 9.99 Å². The van der Waals surface area contributed by atoms with Crippen LogP contribution < -0.4 is 33.1 Å². The van der Waals surface area contributed by atoms with E-state index < -0.39 is 0 Å². The van der Waals surface area contributed by atoms with Crippen molar-refractivity contribution < 1.29 is 0 Å². The fourth-order valence-corrected chi connectivity index (χ4v) is 4.69. The number of fused-ring (bicyclic) bond motifs is 3. The molecule has 1 aromatic heterocycles. The Hall–Kier alpha value is -3.49. The summed E-state index contributed by atoms with van der Waals surface area (Å²) in [5.74, 6) is 13.4. The van der Waals surface area contributed by atoms with E-state index in [4.69, 9.17) is 23.2 Å². The molecular weight excluding hydrogens is 412 g/mol. The number of allylic oxidation sites excluding steroid dienone is 2. The number of hydrazine groups is 2. The summed E-state index contributed by atoms with van der Waals surface area (Å²) in [5.41, 5.74) is 18.1. The maximum atomic E-state index is 6.11. The van der Waals surface area contributed by atoms with Crippen molar-refractivity contribution in [3.63, 3.8) is 0 Å². The quantitative estimate of drug-likeness (QED) is 0.378. The number of rotatable bonds is 7. The van der Waals surface area contributed by atoms with Crippen LogP contribution in [0, 0.1) is 11.8 Å². The lowest BCUT2D eigenvalue weighted by Gasteiger charge is -2.25. The van der Waals surface area contributed by atoms with Crippen LogP contribution in [0.1, 0.15) is 25.8 Å². The lowest BCUT2D eigenvalue weighted by Crippen LogP contribution is -2.37. The van der Waals surface area contributed by atoms with Gasteiger partial charge in [0.25, 0.3) is 0 Å². The summed E-state index contributed by atoms with van der Waals surface area (Å²) in [4.78, 5) is 6.91. The Morgan fingerprint density at radius 3 is 2.64 bits per heavy atom. The smallest absolute Gasteiger partial charge is 0.146 e. The number of anilines is 2. The average Bonchev–Trinajstić information content (AvgIpc) is 3.31. The highest BCUT2D eigenvalue weighted by atomic mass is 15.4.